The molecule has 2 aromatic rings. The van der Waals surface area contributed by atoms with Crippen LogP contribution >= 0.6 is 11.6 Å². The summed E-state index contributed by atoms with van der Waals surface area (Å²) in [5.41, 5.74) is 1.49. The van der Waals surface area contributed by atoms with E-state index < -0.39 is 0 Å². The van der Waals surface area contributed by atoms with Crippen LogP contribution in [0.15, 0.2) is 36.9 Å². The molecule has 0 saturated carbocycles. The number of carbonyl (C=O) groups is 1. The van der Waals surface area contributed by atoms with Crippen LogP contribution in [-0.2, 0) is 4.74 Å². The molecule has 2 heterocycles. The van der Waals surface area contributed by atoms with Gasteiger partial charge in [-0.15, -0.1) is 0 Å². The highest BCUT2D eigenvalue weighted by molar-refractivity contribution is 6.32. The molecular formula is C18H23ClN4O2. The Bertz CT molecular complexity index is 699. The molecule has 6 nitrogen and oxygen atoms in total. The number of hydrogen-bond acceptors (Lipinski definition) is 3. The van der Waals surface area contributed by atoms with E-state index in [0.717, 1.165) is 31.6 Å². The van der Waals surface area contributed by atoms with Gasteiger partial charge in [-0.1, -0.05) is 18.5 Å². The fourth-order valence-corrected chi connectivity index (χ4v) is 3.26. The lowest BCUT2D eigenvalue weighted by atomic mass is 10.2. The van der Waals surface area contributed by atoms with E-state index in [4.69, 9.17) is 16.3 Å². The van der Waals surface area contributed by atoms with Crippen LogP contribution < -0.4 is 5.32 Å². The molecule has 1 atom stereocenters. The second-order valence-electron chi connectivity index (χ2n) is 6.15. The number of imidazole rings is 1. The van der Waals surface area contributed by atoms with Crippen LogP contribution in [0.4, 0.5) is 10.5 Å². The standard InChI is InChI=1S/C18H23ClN4O2/c1-2-8-22(12-15-4-3-10-25-15)18(24)21-14-5-6-17(16(19)11-14)23-9-7-20-13-23/h5-7,9,11,13,15H,2-4,8,10,12H2,1H3,(H,21,24)/t15-/m1/s1. The number of anilines is 1. The van der Waals surface area contributed by atoms with Crippen molar-refractivity contribution in [2.45, 2.75) is 32.3 Å². The van der Waals surface area contributed by atoms with Crippen LogP contribution in [-0.4, -0.2) is 46.3 Å². The number of amides is 2. The van der Waals surface area contributed by atoms with Gasteiger partial charge >= 0.3 is 6.03 Å². The Morgan fingerprint density at radius 1 is 1.52 bits per heavy atom. The number of ether oxygens (including phenoxy) is 1. The zero-order valence-corrected chi connectivity index (χ0v) is 15.1. The predicted octanol–water partition coefficient (Wildman–Crippen LogP) is 3.95. The highest BCUT2D eigenvalue weighted by Crippen LogP contribution is 2.24. The third kappa shape index (κ3) is 4.52. The summed E-state index contributed by atoms with van der Waals surface area (Å²) in [6.07, 6.45) is 8.33. The molecule has 7 heteroatoms. The second kappa shape index (κ2) is 8.36. The van der Waals surface area contributed by atoms with Gasteiger partial charge in [0.25, 0.3) is 0 Å². The summed E-state index contributed by atoms with van der Waals surface area (Å²) in [5.74, 6) is 0. The van der Waals surface area contributed by atoms with E-state index >= 15 is 0 Å². The van der Waals surface area contributed by atoms with Gasteiger partial charge < -0.3 is 19.5 Å². The number of urea groups is 1. The highest BCUT2D eigenvalue weighted by Gasteiger charge is 2.22. The zero-order valence-electron chi connectivity index (χ0n) is 14.3. The number of benzene rings is 1. The number of aromatic nitrogens is 2. The van der Waals surface area contributed by atoms with Crippen molar-refractivity contribution in [1.82, 2.24) is 14.5 Å². The van der Waals surface area contributed by atoms with Crippen LogP contribution in [0.1, 0.15) is 26.2 Å². The Morgan fingerprint density at radius 2 is 2.40 bits per heavy atom. The molecule has 1 fully saturated rings. The molecule has 0 spiro atoms. The fourth-order valence-electron chi connectivity index (χ4n) is 2.98. The molecule has 1 saturated heterocycles. The van der Waals surface area contributed by atoms with Crippen LogP contribution in [0, 0.1) is 0 Å². The number of carbonyl (C=O) groups excluding carboxylic acids is 1. The van der Waals surface area contributed by atoms with Gasteiger partial charge in [0, 0.05) is 37.8 Å². The van der Waals surface area contributed by atoms with E-state index in [1.807, 2.05) is 27.8 Å². The summed E-state index contributed by atoms with van der Waals surface area (Å²) in [5, 5.41) is 3.49. The average Bonchev–Trinajstić information content (AvgIpc) is 3.28. The van der Waals surface area contributed by atoms with Crippen molar-refractivity contribution < 1.29 is 9.53 Å². The topological polar surface area (TPSA) is 59.4 Å². The maximum absolute atomic E-state index is 12.6. The van der Waals surface area contributed by atoms with Gasteiger partial charge in [0.15, 0.2) is 0 Å². The molecule has 1 aliphatic heterocycles. The number of nitrogens with one attached hydrogen (secondary N) is 1. The van der Waals surface area contributed by atoms with Crippen LogP contribution in [0.5, 0.6) is 0 Å². The zero-order chi connectivity index (χ0) is 17.6. The van der Waals surface area contributed by atoms with E-state index in [9.17, 15) is 4.79 Å². The SMILES string of the molecule is CCCN(C[C@H]1CCCO1)C(=O)Nc1ccc(-n2ccnc2)c(Cl)c1. The Kier molecular flexibility index (Phi) is 5.94. The van der Waals surface area contributed by atoms with Gasteiger partial charge in [0.2, 0.25) is 0 Å². The highest BCUT2D eigenvalue weighted by atomic mass is 35.5. The predicted molar refractivity (Wildman–Crippen MR) is 98.4 cm³/mol. The maximum atomic E-state index is 12.6. The van der Waals surface area contributed by atoms with E-state index in [1.165, 1.54) is 0 Å². The Hall–Kier alpha value is -2.05. The molecule has 2 amide bonds. The molecule has 1 aliphatic rings. The number of halogens is 1. The number of hydrogen-bond donors (Lipinski definition) is 1. The first-order chi connectivity index (χ1) is 12.2. The van der Waals surface area contributed by atoms with Gasteiger partial charge in [-0.25, -0.2) is 9.78 Å². The van der Waals surface area contributed by atoms with Gasteiger partial charge in [-0.05, 0) is 37.5 Å². The monoisotopic (exact) mass is 362 g/mol. The van der Waals surface area contributed by atoms with Crippen molar-refractivity contribution >= 4 is 23.3 Å². The van der Waals surface area contributed by atoms with Crippen LogP contribution in [0.3, 0.4) is 0 Å². The minimum Gasteiger partial charge on any atom is -0.376 e. The van der Waals surface area contributed by atoms with E-state index in [1.54, 1.807) is 18.6 Å². The molecule has 3 rings (SSSR count). The largest absolute Gasteiger partial charge is 0.376 e. The molecule has 0 unspecified atom stereocenters. The average molecular weight is 363 g/mol. The molecule has 0 aliphatic carbocycles. The lowest BCUT2D eigenvalue weighted by molar-refractivity contribution is 0.0836. The van der Waals surface area contributed by atoms with Crippen molar-refractivity contribution in [2.24, 2.45) is 0 Å². The molecule has 25 heavy (non-hydrogen) atoms. The Morgan fingerprint density at radius 3 is 3.04 bits per heavy atom. The molecule has 1 aromatic heterocycles. The van der Waals surface area contributed by atoms with E-state index in [2.05, 4.69) is 17.2 Å². The first-order valence-corrected chi connectivity index (χ1v) is 9.00. The van der Waals surface area contributed by atoms with Crippen molar-refractivity contribution in [2.75, 3.05) is 25.0 Å². The van der Waals surface area contributed by atoms with Crippen LogP contribution in [0.2, 0.25) is 5.02 Å². The van der Waals surface area contributed by atoms with Crippen LogP contribution in [0.25, 0.3) is 5.69 Å². The minimum atomic E-state index is -0.121. The van der Waals surface area contributed by atoms with E-state index in [-0.39, 0.29) is 12.1 Å². The summed E-state index contributed by atoms with van der Waals surface area (Å²) in [6.45, 7) is 4.18. The van der Waals surface area contributed by atoms with Gasteiger partial charge in [0.1, 0.15) is 0 Å². The molecule has 0 bridgehead atoms. The van der Waals surface area contributed by atoms with Crippen molar-refractivity contribution in [3.8, 4) is 5.69 Å². The normalized spacial score (nSPS) is 16.8. The quantitative estimate of drug-likeness (QED) is 0.846. The summed E-state index contributed by atoms with van der Waals surface area (Å²) in [6, 6.07) is 5.34. The fraction of sp³-hybridized carbons (Fsp3) is 0.444. The lowest BCUT2D eigenvalue weighted by Crippen LogP contribution is -2.40. The molecular weight excluding hydrogens is 340 g/mol. The number of nitrogens with zero attached hydrogens (tertiary/aromatic N) is 3. The Labute approximate surface area is 152 Å². The van der Waals surface area contributed by atoms with E-state index in [0.29, 0.717) is 23.8 Å². The van der Waals surface area contributed by atoms with Crippen molar-refractivity contribution in [3.05, 3.63) is 41.9 Å². The smallest absolute Gasteiger partial charge is 0.321 e. The second-order valence-corrected chi connectivity index (χ2v) is 6.55. The summed E-state index contributed by atoms with van der Waals surface area (Å²) >= 11 is 6.35. The van der Waals surface area contributed by atoms with Gasteiger partial charge in [-0.2, -0.15) is 0 Å². The third-order valence-electron chi connectivity index (χ3n) is 4.21. The first kappa shape index (κ1) is 17.8. The minimum absolute atomic E-state index is 0.121. The van der Waals surface area contributed by atoms with Crippen molar-refractivity contribution in [3.63, 3.8) is 0 Å². The number of rotatable bonds is 6. The molecule has 1 N–H and O–H groups in total. The van der Waals surface area contributed by atoms with Gasteiger partial charge in [-0.3, -0.25) is 0 Å². The molecule has 1 aromatic carbocycles. The summed E-state index contributed by atoms with van der Waals surface area (Å²) in [4.78, 5) is 18.4. The first-order valence-electron chi connectivity index (χ1n) is 8.62. The van der Waals surface area contributed by atoms with Crippen molar-refractivity contribution in [1.29, 1.82) is 0 Å². The summed E-state index contributed by atoms with van der Waals surface area (Å²) < 4.78 is 7.48. The molecule has 134 valence electrons. The van der Waals surface area contributed by atoms with Gasteiger partial charge in [0.05, 0.1) is 23.1 Å². The molecule has 0 radical (unpaired) electrons. The lowest BCUT2D eigenvalue weighted by Gasteiger charge is -2.25. The Balaban J connectivity index is 1.67. The maximum Gasteiger partial charge on any atom is 0.321 e. The summed E-state index contributed by atoms with van der Waals surface area (Å²) in [7, 11) is 0. The third-order valence-corrected chi connectivity index (χ3v) is 4.51.